The quantitative estimate of drug-likeness (QED) is 0.0358. The summed E-state index contributed by atoms with van der Waals surface area (Å²) in [6.07, 6.45) is 15.0. The summed E-state index contributed by atoms with van der Waals surface area (Å²) in [6.45, 7) is 15.2. The van der Waals surface area contributed by atoms with E-state index >= 15 is 0 Å². The molecular formula is C32H52F17NO3S. The average Bonchev–Trinajstić information content (AvgIpc) is 3.04. The van der Waals surface area contributed by atoms with Gasteiger partial charge in [-0.1, -0.05) is 79.1 Å². The zero-order chi connectivity index (χ0) is 43.1. The molecule has 4 nitrogen and oxygen atoms in total. The summed E-state index contributed by atoms with van der Waals surface area (Å²) >= 11 is 0. The Hall–Kier alpha value is -1.32. The van der Waals surface area contributed by atoms with Gasteiger partial charge in [0.05, 0.1) is 26.2 Å². The number of unbranched alkanes of at least 4 members (excludes halogenated alkanes) is 12. The molecule has 0 aromatic heterocycles. The molecule has 328 valence electrons. The topological polar surface area (TPSA) is 57.2 Å². The lowest BCUT2D eigenvalue weighted by atomic mass is 9.91. The van der Waals surface area contributed by atoms with Crippen LogP contribution in [-0.2, 0) is 10.1 Å². The van der Waals surface area contributed by atoms with Gasteiger partial charge in [-0.15, -0.1) is 0 Å². The molecule has 0 amide bonds. The molecule has 0 N–H and O–H groups in total. The highest BCUT2D eigenvalue weighted by atomic mass is 32.2. The van der Waals surface area contributed by atoms with Crippen LogP contribution in [-0.4, -0.2) is 90.6 Å². The van der Waals surface area contributed by atoms with Crippen LogP contribution >= 0.6 is 0 Å². The molecule has 0 unspecified atom stereocenters. The maximum atomic E-state index is 13.0. The monoisotopic (exact) mass is 853 g/mol. The SMILES string of the molecule is CCCCCC[N+](CCCCCC)(CCCCCC)CCCCCC.O=S(=O)([O-])C(F)(F)C(F)(F)C(F)(F)C(F)(F)C(F)(F)C(F)(F)C(F)(F)C(F)(F)F. The van der Waals surface area contributed by atoms with E-state index in [9.17, 15) is 87.6 Å². The van der Waals surface area contributed by atoms with E-state index in [1.54, 1.807) is 0 Å². The number of hydrogen-bond acceptors (Lipinski definition) is 3. The predicted molar refractivity (Wildman–Crippen MR) is 167 cm³/mol. The molecule has 0 radical (unpaired) electrons. The molecule has 0 saturated heterocycles. The van der Waals surface area contributed by atoms with E-state index in [0.717, 1.165) is 0 Å². The van der Waals surface area contributed by atoms with Gasteiger partial charge in [0.1, 0.15) is 0 Å². The fourth-order valence-corrected chi connectivity index (χ4v) is 5.92. The van der Waals surface area contributed by atoms with Crippen molar-refractivity contribution in [2.24, 2.45) is 0 Å². The second kappa shape index (κ2) is 21.4. The lowest BCUT2D eigenvalue weighted by molar-refractivity contribution is -0.929. The number of alkyl halides is 17. The molecule has 0 spiro atoms. The molecule has 54 heavy (non-hydrogen) atoms. The van der Waals surface area contributed by atoms with Crippen molar-refractivity contribution < 1.29 is 92.1 Å². The number of halogens is 17. The standard InChI is InChI=1S/C24H52N.C8HF17O3S/c1-5-9-13-17-21-25(22-18-14-10-6-2,23-19-15-11-7-3)24-20-16-12-8-4;9-1(10,3(13,14)5(17,18)7(21,22)23)2(11,12)4(15,16)6(19,20)8(24,25)29(26,27)28/h5-24H2,1-4H3;(H,26,27,28)/q+1;/p-1. The van der Waals surface area contributed by atoms with Crippen LogP contribution in [0, 0.1) is 0 Å². The van der Waals surface area contributed by atoms with Crippen LogP contribution in [0.5, 0.6) is 0 Å². The Balaban J connectivity index is 0. The van der Waals surface area contributed by atoms with Crippen molar-refractivity contribution in [3.8, 4) is 0 Å². The Kier molecular flexibility index (Phi) is 21.8. The second-order valence-electron chi connectivity index (χ2n) is 13.4. The highest BCUT2D eigenvalue weighted by molar-refractivity contribution is 7.86. The molecule has 0 aliphatic carbocycles. The minimum Gasteiger partial charge on any atom is -0.743 e. The predicted octanol–water partition coefficient (Wildman–Crippen LogP) is 12.6. The fraction of sp³-hybridized carbons (Fsp3) is 1.00. The van der Waals surface area contributed by atoms with E-state index in [1.165, 1.54) is 133 Å². The Bertz CT molecular complexity index is 1110. The van der Waals surface area contributed by atoms with Gasteiger partial charge in [-0.25, -0.2) is 8.42 Å². The highest BCUT2D eigenvalue weighted by Crippen LogP contribution is 2.64. The molecule has 0 aliphatic rings. The second-order valence-corrected chi connectivity index (χ2v) is 14.8. The summed E-state index contributed by atoms with van der Waals surface area (Å²) in [7, 11) is -8.14. The van der Waals surface area contributed by atoms with Gasteiger partial charge in [-0.2, -0.15) is 74.6 Å². The summed E-state index contributed by atoms with van der Waals surface area (Å²) in [5, 5.41) is -7.95. The first-order chi connectivity index (χ1) is 24.2. The normalized spacial score (nSPS) is 14.6. The first kappa shape index (κ1) is 54.8. The molecule has 0 heterocycles. The third-order valence-electron chi connectivity index (χ3n) is 8.95. The molecule has 0 rings (SSSR count). The molecular weight excluding hydrogens is 801 g/mol. The minimum atomic E-state index is -8.92. The molecule has 0 saturated carbocycles. The third kappa shape index (κ3) is 12.8. The van der Waals surface area contributed by atoms with Crippen LogP contribution in [0.3, 0.4) is 0 Å². The zero-order valence-corrected chi connectivity index (χ0v) is 31.5. The van der Waals surface area contributed by atoms with Crippen molar-refractivity contribution in [1.82, 2.24) is 0 Å². The summed E-state index contributed by atoms with van der Waals surface area (Å²) < 4.78 is 246. The number of rotatable bonds is 27. The van der Waals surface area contributed by atoms with Gasteiger partial charge in [0.2, 0.25) is 0 Å². The van der Waals surface area contributed by atoms with Gasteiger partial charge >= 0.3 is 47.0 Å². The van der Waals surface area contributed by atoms with E-state index in [1.807, 2.05) is 0 Å². The van der Waals surface area contributed by atoms with Crippen LogP contribution < -0.4 is 0 Å². The van der Waals surface area contributed by atoms with Crippen molar-refractivity contribution in [2.45, 2.75) is 177 Å². The third-order valence-corrected chi connectivity index (χ3v) is 9.84. The number of hydrogen-bond donors (Lipinski definition) is 0. The van der Waals surface area contributed by atoms with Gasteiger partial charge in [0, 0.05) is 0 Å². The Morgan fingerprint density at radius 2 is 0.593 bits per heavy atom. The fourth-order valence-electron chi connectivity index (χ4n) is 5.47. The van der Waals surface area contributed by atoms with Crippen LogP contribution in [0.4, 0.5) is 74.6 Å². The lowest BCUT2D eigenvalue weighted by Gasteiger charge is -2.42. The highest BCUT2D eigenvalue weighted by Gasteiger charge is 2.95. The Morgan fingerprint density at radius 1 is 0.370 bits per heavy atom. The van der Waals surface area contributed by atoms with Crippen LogP contribution in [0.1, 0.15) is 130 Å². The summed E-state index contributed by atoms with van der Waals surface area (Å²) in [5.74, 6) is -52.1. The number of quaternary nitrogens is 1. The van der Waals surface area contributed by atoms with Gasteiger partial charge in [0.25, 0.3) is 0 Å². The van der Waals surface area contributed by atoms with E-state index in [0.29, 0.717) is 0 Å². The van der Waals surface area contributed by atoms with Crippen molar-refractivity contribution in [3.05, 3.63) is 0 Å². The number of nitrogens with zero attached hydrogens (tertiary/aromatic N) is 1. The van der Waals surface area contributed by atoms with Gasteiger partial charge < -0.3 is 9.04 Å². The first-order valence-corrected chi connectivity index (χ1v) is 19.2. The first-order valence-electron chi connectivity index (χ1n) is 17.8. The van der Waals surface area contributed by atoms with Gasteiger partial charge in [0.15, 0.2) is 10.1 Å². The van der Waals surface area contributed by atoms with Crippen molar-refractivity contribution >= 4 is 10.1 Å². The molecule has 0 aromatic rings. The molecule has 0 bridgehead atoms. The summed E-state index contributed by atoms with van der Waals surface area (Å²) in [5.41, 5.74) is 0. The molecule has 0 atom stereocenters. The smallest absolute Gasteiger partial charge is 0.460 e. The zero-order valence-electron chi connectivity index (χ0n) is 30.6. The largest absolute Gasteiger partial charge is 0.743 e. The Morgan fingerprint density at radius 3 is 0.796 bits per heavy atom. The summed E-state index contributed by atoms with van der Waals surface area (Å²) in [6, 6.07) is 0. The van der Waals surface area contributed by atoms with E-state index in [-0.39, 0.29) is 0 Å². The van der Waals surface area contributed by atoms with Crippen LogP contribution in [0.15, 0.2) is 0 Å². The van der Waals surface area contributed by atoms with E-state index < -0.39 is 57.1 Å². The van der Waals surface area contributed by atoms with Crippen molar-refractivity contribution in [3.63, 3.8) is 0 Å². The molecule has 0 aromatic carbocycles. The molecule has 0 aliphatic heterocycles. The maximum Gasteiger partial charge on any atom is 0.460 e. The lowest BCUT2D eigenvalue weighted by Crippen LogP contribution is -2.75. The van der Waals surface area contributed by atoms with Gasteiger partial charge in [-0.05, 0) is 51.4 Å². The Labute approximate surface area is 305 Å². The molecule has 0 fully saturated rings. The summed E-state index contributed by atoms with van der Waals surface area (Å²) in [4.78, 5) is 0. The molecule has 22 heteroatoms. The van der Waals surface area contributed by atoms with Crippen LogP contribution in [0.2, 0.25) is 0 Å². The maximum absolute atomic E-state index is 13.0. The van der Waals surface area contributed by atoms with Gasteiger partial charge in [-0.3, -0.25) is 0 Å². The van der Waals surface area contributed by atoms with Crippen molar-refractivity contribution in [1.29, 1.82) is 0 Å². The minimum absolute atomic E-state index is 1.36. The average molecular weight is 854 g/mol. The van der Waals surface area contributed by atoms with Crippen molar-refractivity contribution in [2.75, 3.05) is 26.2 Å². The van der Waals surface area contributed by atoms with Crippen LogP contribution in [0.25, 0.3) is 0 Å². The van der Waals surface area contributed by atoms with E-state index in [4.69, 9.17) is 0 Å². The van der Waals surface area contributed by atoms with E-state index in [2.05, 4.69) is 27.7 Å².